The summed E-state index contributed by atoms with van der Waals surface area (Å²) in [5.74, 6) is 15.6. The monoisotopic (exact) mass is 659 g/mol. The highest BCUT2D eigenvalue weighted by atomic mass is 14.6. The maximum absolute atomic E-state index is 1.65. The lowest BCUT2D eigenvalue weighted by Gasteiger charge is -2.60. The normalized spacial score (nSPS) is 47.4. The zero-order valence-corrected chi connectivity index (χ0v) is 32.1. The predicted octanol–water partition coefficient (Wildman–Crippen LogP) is 15.0. The summed E-state index contributed by atoms with van der Waals surface area (Å²) in [6.07, 6.45) is 54.0. The molecule has 8 fully saturated rings. The minimum absolute atomic E-state index is 1.09. The van der Waals surface area contributed by atoms with Crippen LogP contribution in [0.25, 0.3) is 0 Å². The summed E-state index contributed by atoms with van der Waals surface area (Å²) in [5.41, 5.74) is 0. The first-order valence-corrected chi connectivity index (χ1v) is 23.8. The summed E-state index contributed by atoms with van der Waals surface area (Å²) in [5, 5.41) is 0. The van der Waals surface area contributed by atoms with Crippen molar-refractivity contribution in [2.75, 3.05) is 0 Å². The molecule has 48 heavy (non-hydrogen) atoms. The third-order valence-corrected chi connectivity index (χ3v) is 18.5. The average molecular weight is 659 g/mol. The van der Waals surface area contributed by atoms with E-state index in [1.165, 1.54) is 32.1 Å². The molecule has 274 valence electrons. The molecule has 0 aromatic rings. The molecule has 0 aromatic heterocycles. The van der Waals surface area contributed by atoms with E-state index in [9.17, 15) is 0 Å². The number of rotatable bonds is 4. The second-order valence-corrected chi connectivity index (χ2v) is 20.6. The quantitative estimate of drug-likeness (QED) is 0.282. The van der Waals surface area contributed by atoms with Gasteiger partial charge in [0.15, 0.2) is 0 Å². The second-order valence-electron chi connectivity index (χ2n) is 20.6. The Bertz CT molecular complexity index is 898. The van der Waals surface area contributed by atoms with Gasteiger partial charge in [-0.2, -0.15) is 0 Å². The van der Waals surface area contributed by atoms with E-state index in [0.29, 0.717) is 0 Å². The molecular weight excluding hydrogens is 577 g/mol. The van der Waals surface area contributed by atoms with Crippen molar-refractivity contribution in [2.24, 2.45) is 82.9 Å². The molecule has 0 aliphatic heterocycles. The number of hydrogen-bond donors (Lipinski definition) is 0. The van der Waals surface area contributed by atoms with Crippen LogP contribution in [0.15, 0.2) is 0 Å². The summed E-state index contributed by atoms with van der Waals surface area (Å²) in [6.45, 7) is 0. The fourth-order valence-corrected chi connectivity index (χ4v) is 16.5. The van der Waals surface area contributed by atoms with Gasteiger partial charge in [0.25, 0.3) is 0 Å². The molecule has 0 nitrogen and oxygen atoms in total. The molecule has 0 heterocycles. The third kappa shape index (κ3) is 7.84. The molecular formula is C48H82. The summed E-state index contributed by atoms with van der Waals surface area (Å²) in [7, 11) is 0. The molecule has 6 unspecified atom stereocenters. The molecule has 9 atom stereocenters. The first kappa shape index (κ1) is 35.1. The van der Waals surface area contributed by atoms with E-state index in [-0.39, 0.29) is 0 Å². The SMILES string of the molecule is C1CCCCC(C2CCC(C3C4CCCC[C@@H]4C(C4CCC(C5CCCC[C@@H]6CCCCCC56)CC4)C4CCCC[C@@H]43)CC2)CCCC1. The van der Waals surface area contributed by atoms with Gasteiger partial charge in [0.1, 0.15) is 0 Å². The Morgan fingerprint density at radius 3 is 0.833 bits per heavy atom. The number of hydrogen-bond acceptors (Lipinski definition) is 0. The maximum atomic E-state index is 1.65. The van der Waals surface area contributed by atoms with Crippen LogP contribution in [0, 0.1) is 82.9 Å². The fraction of sp³-hybridized carbons (Fsp3) is 1.00. The first-order chi connectivity index (χ1) is 23.8. The largest absolute Gasteiger partial charge is 0.0533 e. The van der Waals surface area contributed by atoms with Crippen LogP contribution in [0.3, 0.4) is 0 Å². The van der Waals surface area contributed by atoms with Crippen molar-refractivity contribution in [3.63, 3.8) is 0 Å². The lowest BCUT2D eigenvalue weighted by atomic mass is 9.45. The van der Waals surface area contributed by atoms with E-state index in [0.717, 1.165) is 82.9 Å². The molecule has 8 rings (SSSR count). The molecule has 0 bridgehead atoms. The van der Waals surface area contributed by atoms with Crippen molar-refractivity contribution in [1.82, 2.24) is 0 Å². The standard InChI is InChI=1S/C48H82/c1-2-4-7-17-35(18-8-5-3-1)36-27-31-39(32-28-36)47-43-23-13-15-25-45(43)48(46-26-16-14-24-44(46)47)40-33-29-38(30-34-40)42-22-12-11-20-37-19-9-6-10-21-41(37)42/h35-48H,1-34H2/t36?,37-,38?,39?,40?,41?,42?,43-,44?,45?,46-,47?,48?/m0/s1. The molecule has 8 aliphatic carbocycles. The molecule has 0 heteroatoms. The highest BCUT2D eigenvalue weighted by molar-refractivity contribution is 5.04. The van der Waals surface area contributed by atoms with Crippen LogP contribution in [0.5, 0.6) is 0 Å². The van der Waals surface area contributed by atoms with E-state index in [1.807, 2.05) is 0 Å². The van der Waals surface area contributed by atoms with Gasteiger partial charge in [0.2, 0.25) is 0 Å². The topological polar surface area (TPSA) is 0 Å². The van der Waals surface area contributed by atoms with Gasteiger partial charge in [-0.1, -0.05) is 128 Å². The molecule has 0 amide bonds. The summed E-state index contributed by atoms with van der Waals surface area (Å²) >= 11 is 0. The van der Waals surface area contributed by atoms with Gasteiger partial charge in [-0.3, -0.25) is 0 Å². The van der Waals surface area contributed by atoms with Gasteiger partial charge in [-0.05, 0) is 173 Å². The Balaban J connectivity index is 0.933. The predicted molar refractivity (Wildman–Crippen MR) is 206 cm³/mol. The smallest absolute Gasteiger partial charge is 0.0323 e. The van der Waals surface area contributed by atoms with Crippen LogP contribution >= 0.6 is 0 Å². The lowest BCUT2D eigenvalue weighted by molar-refractivity contribution is -0.116. The molecule has 0 N–H and O–H groups in total. The van der Waals surface area contributed by atoms with Crippen molar-refractivity contribution in [1.29, 1.82) is 0 Å². The highest BCUT2D eigenvalue weighted by Gasteiger charge is 2.55. The van der Waals surface area contributed by atoms with Crippen LogP contribution in [-0.4, -0.2) is 0 Å². The van der Waals surface area contributed by atoms with Crippen molar-refractivity contribution >= 4 is 0 Å². The zero-order chi connectivity index (χ0) is 32.1. The van der Waals surface area contributed by atoms with Gasteiger partial charge in [0, 0.05) is 0 Å². The van der Waals surface area contributed by atoms with Gasteiger partial charge >= 0.3 is 0 Å². The van der Waals surface area contributed by atoms with Crippen molar-refractivity contribution < 1.29 is 0 Å². The van der Waals surface area contributed by atoms with Crippen molar-refractivity contribution in [3.05, 3.63) is 0 Å². The third-order valence-electron chi connectivity index (χ3n) is 18.5. The van der Waals surface area contributed by atoms with Crippen LogP contribution in [0.2, 0.25) is 0 Å². The lowest BCUT2D eigenvalue weighted by Crippen LogP contribution is -2.53. The van der Waals surface area contributed by atoms with Gasteiger partial charge < -0.3 is 0 Å². The van der Waals surface area contributed by atoms with E-state index in [2.05, 4.69) is 0 Å². The second kappa shape index (κ2) is 17.2. The Labute approximate surface area is 300 Å². The van der Waals surface area contributed by atoms with Crippen LogP contribution in [0.1, 0.15) is 218 Å². The van der Waals surface area contributed by atoms with E-state index in [4.69, 9.17) is 0 Å². The Morgan fingerprint density at radius 1 is 0.146 bits per heavy atom. The highest BCUT2D eigenvalue weighted by Crippen LogP contribution is 2.63. The first-order valence-electron chi connectivity index (χ1n) is 23.8. The van der Waals surface area contributed by atoms with Crippen LogP contribution < -0.4 is 0 Å². The zero-order valence-electron chi connectivity index (χ0n) is 32.1. The van der Waals surface area contributed by atoms with Crippen molar-refractivity contribution in [3.8, 4) is 0 Å². The minimum atomic E-state index is 1.09. The van der Waals surface area contributed by atoms with Crippen LogP contribution in [-0.2, 0) is 0 Å². The van der Waals surface area contributed by atoms with Gasteiger partial charge in [-0.15, -0.1) is 0 Å². The molecule has 0 spiro atoms. The molecule has 0 radical (unpaired) electrons. The Morgan fingerprint density at radius 2 is 0.375 bits per heavy atom. The molecule has 0 aromatic carbocycles. The van der Waals surface area contributed by atoms with Crippen LogP contribution in [0.4, 0.5) is 0 Å². The molecule has 8 saturated carbocycles. The average Bonchev–Trinajstić information content (AvgIpc) is 3.50. The van der Waals surface area contributed by atoms with E-state index >= 15 is 0 Å². The van der Waals surface area contributed by atoms with E-state index in [1.54, 1.807) is 186 Å². The Hall–Kier alpha value is 0. The minimum Gasteiger partial charge on any atom is -0.0533 e. The van der Waals surface area contributed by atoms with Gasteiger partial charge in [0.05, 0.1) is 0 Å². The molecule has 8 aliphatic rings. The summed E-state index contributed by atoms with van der Waals surface area (Å²) in [4.78, 5) is 0. The maximum Gasteiger partial charge on any atom is -0.0323 e. The number of fused-ring (bicyclic) bond motifs is 3. The van der Waals surface area contributed by atoms with Crippen molar-refractivity contribution in [2.45, 2.75) is 218 Å². The van der Waals surface area contributed by atoms with Gasteiger partial charge in [-0.25, -0.2) is 0 Å². The fourth-order valence-electron chi connectivity index (χ4n) is 16.5. The Kier molecular flexibility index (Phi) is 12.6. The molecule has 0 saturated heterocycles. The summed E-state index contributed by atoms with van der Waals surface area (Å²) < 4.78 is 0. The van der Waals surface area contributed by atoms with E-state index < -0.39 is 0 Å². The summed E-state index contributed by atoms with van der Waals surface area (Å²) in [6, 6.07) is 0.